The van der Waals surface area contributed by atoms with Gasteiger partial charge >= 0.3 is 0 Å². The van der Waals surface area contributed by atoms with Gasteiger partial charge in [-0.05, 0) is 37.6 Å². The molecule has 21 heavy (non-hydrogen) atoms. The van der Waals surface area contributed by atoms with Crippen LogP contribution in [0.5, 0.6) is 5.75 Å². The minimum atomic E-state index is -0.638. The van der Waals surface area contributed by atoms with Crippen molar-refractivity contribution < 1.29 is 14.6 Å². The van der Waals surface area contributed by atoms with Crippen LogP contribution in [0.2, 0.25) is 0 Å². The van der Waals surface area contributed by atoms with Crippen molar-refractivity contribution in [2.75, 3.05) is 11.9 Å². The average molecular weight is 285 g/mol. The summed E-state index contributed by atoms with van der Waals surface area (Å²) in [5.41, 5.74) is 2.49. The topological polar surface area (TPSA) is 58.6 Å². The second kappa shape index (κ2) is 6.90. The number of rotatable bonds is 5. The molecule has 1 atom stereocenters. The van der Waals surface area contributed by atoms with E-state index in [1.54, 1.807) is 25.1 Å². The highest BCUT2D eigenvalue weighted by molar-refractivity contribution is 5.91. The molecule has 0 heterocycles. The third kappa shape index (κ3) is 4.33. The summed E-state index contributed by atoms with van der Waals surface area (Å²) in [6.07, 6.45) is -0.638. The molecule has 2 aromatic carbocycles. The summed E-state index contributed by atoms with van der Waals surface area (Å²) in [7, 11) is 0. The summed E-state index contributed by atoms with van der Waals surface area (Å²) in [6, 6.07) is 14.7. The minimum Gasteiger partial charge on any atom is -0.483 e. The molecule has 0 radical (unpaired) electrons. The molecule has 0 bridgehead atoms. The molecule has 2 aromatic rings. The van der Waals surface area contributed by atoms with E-state index in [-0.39, 0.29) is 12.5 Å². The van der Waals surface area contributed by atoms with E-state index in [1.165, 1.54) is 0 Å². The number of nitrogens with one attached hydrogen (secondary N) is 1. The summed E-state index contributed by atoms with van der Waals surface area (Å²) >= 11 is 0. The normalized spacial score (nSPS) is 11.8. The Hall–Kier alpha value is -2.33. The number of hydrogen-bond acceptors (Lipinski definition) is 3. The number of carbonyl (C=O) groups is 1. The van der Waals surface area contributed by atoms with Gasteiger partial charge < -0.3 is 15.2 Å². The van der Waals surface area contributed by atoms with E-state index in [9.17, 15) is 9.90 Å². The standard InChI is InChI=1S/C17H19NO3/c1-12-6-5-7-14(10-12)18-17(20)11-21-16-9-4-3-8-15(16)13(2)19/h3-10,13,19H,11H2,1-2H3,(H,18,20)/t13-/m1/s1. The Labute approximate surface area is 124 Å². The summed E-state index contributed by atoms with van der Waals surface area (Å²) in [6.45, 7) is 3.53. The van der Waals surface area contributed by atoms with Crippen molar-refractivity contribution in [3.63, 3.8) is 0 Å². The molecule has 2 N–H and O–H groups in total. The van der Waals surface area contributed by atoms with Gasteiger partial charge in [0.05, 0.1) is 6.10 Å². The highest BCUT2D eigenvalue weighted by atomic mass is 16.5. The average Bonchev–Trinajstić information content (AvgIpc) is 2.45. The fourth-order valence-corrected chi connectivity index (χ4v) is 2.02. The van der Waals surface area contributed by atoms with Gasteiger partial charge in [0.15, 0.2) is 6.61 Å². The monoisotopic (exact) mass is 285 g/mol. The molecular formula is C17H19NO3. The fraction of sp³-hybridized carbons (Fsp3) is 0.235. The maximum atomic E-state index is 11.9. The van der Waals surface area contributed by atoms with Crippen LogP contribution in [0.25, 0.3) is 0 Å². The maximum absolute atomic E-state index is 11.9. The molecule has 0 aromatic heterocycles. The quantitative estimate of drug-likeness (QED) is 0.887. The Balaban J connectivity index is 1.95. The molecule has 0 aliphatic rings. The van der Waals surface area contributed by atoms with Crippen LogP contribution in [-0.2, 0) is 4.79 Å². The lowest BCUT2D eigenvalue weighted by atomic mass is 10.1. The molecule has 0 saturated heterocycles. The van der Waals surface area contributed by atoms with Crippen LogP contribution < -0.4 is 10.1 Å². The van der Waals surface area contributed by atoms with Gasteiger partial charge in [-0.2, -0.15) is 0 Å². The Morgan fingerprint density at radius 2 is 2.00 bits per heavy atom. The number of hydrogen-bond donors (Lipinski definition) is 2. The van der Waals surface area contributed by atoms with E-state index >= 15 is 0 Å². The highest BCUT2D eigenvalue weighted by Gasteiger charge is 2.10. The number of aryl methyl sites for hydroxylation is 1. The Morgan fingerprint density at radius 1 is 1.24 bits per heavy atom. The van der Waals surface area contributed by atoms with Crippen LogP contribution >= 0.6 is 0 Å². The van der Waals surface area contributed by atoms with Crippen molar-refractivity contribution in [2.24, 2.45) is 0 Å². The Kier molecular flexibility index (Phi) is 4.95. The highest BCUT2D eigenvalue weighted by Crippen LogP contribution is 2.24. The lowest BCUT2D eigenvalue weighted by molar-refractivity contribution is -0.118. The van der Waals surface area contributed by atoms with Crippen molar-refractivity contribution >= 4 is 11.6 Å². The van der Waals surface area contributed by atoms with Crippen LogP contribution in [-0.4, -0.2) is 17.6 Å². The molecule has 110 valence electrons. The molecule has 0 aliphatic carbocycles. The van der Waals surface area contributed by atoms with E-state index in [4.69, 9.17) is 4.74 Å². The third-order valence-electron chi connectivity index (χ3n) is 3.03. The summed E-state index contributed by atoms with van der Waals surface area (Å²) in [5, 5.41) is 12.4. The van der Waals surface area contributed by atoms with E-state index < -0.39 is 6.10 Å². The lowest BCUT2D eigenvalue weighted by Gasteiger charge is -2.13. The van der Waals surface area contributed by atoms with Gasteiger partial charge in [-0.3, -0.25) is 4.79 Å². The van der Waals surface area contributed by atoms with Crippen LogP contribution in [0.15, 0.2) is 48.5 Å². The van der Waals surface area contributed by atoms with Crippen LogP contribution in [0.3, 0.4) is 0 Å². The first-order valence-corrected chi connectivity index (χ1v) is 6.82. The van der Waals surface area contributed by atoms with Gasteiger partial charge in [-0.15, -0.1) is 0 Å². The predicted molar refractivity (Wildman–Crippen MR) is 82.4 cm³/mol. The minimum absolute atomic E-state index is 0.0995. The second-order valence-electron chi connectivity index (χ2n) is 4.92. The number of amides is 1. The zero-order valence-electron chi connectivity index (χ0n) is 12.2. The number of benzene rings is 2. The summed E-state index contributed by atoms with van der Waals surface area (Å²) < 4.78 is 5.49. The predicted octanol–water partition coefficient (Wildman–Crippen LogP) is 3.07. The van der Waals surface area contributed by atoms with Crippen LogP contribution in [0, 0.1) is 6.92 Å². The van der Waals surface area contributed by atoms with Crippen LogP contribution in [0.1, 0.15) is 24.2 Å². The smallest absolute Gasteiger partial charge is 0.262 e. The van der Waals surface area contributed by atoms with Gasteiger partial charge in [-0.1, -0.05) is 30.3 Å². The van der Waals surface area contributed by atoms with Crippen molar-refractivity contribution in [2.45, 2.75) is 20.0 Å². The maximum Gasteiger partial charge on any atom is 0.262 e. The third-order valence-corrected chi connectivity index (χ3v) is 3.03. The van der Waals surface area contributed by atoms with Gasteiger partial charge in [0.1, 0.15) is 5.75 Å². The van der Waals surface area contributed by atoms with Crippen molar-refractivity contribution in [1.82, 2.24) is 0 Å². The first-order valence-electron chi connectivity index (χ1n) is 6.82. The van der Waals surface area contributed by atoms with E-state index in [1.807, 2.05) is 37.3 Å². The Bertz CT molecular complexity index is 623. The number of aliphatic hydroxyl groups excluding tert-OH is 1. The zero-order valence-corrected chi connectivity index (χ0v) is 12.2. The molecule has 4 nitrogen and oxygen atoms in total. The second-order valence-corrected chi connectivity index (χ2v) is 4.92. The molecule has 0 saturated carbocycles. The fourth-order valence-electron chi connectivity index (χ4n) is 2.02. The number of ether oxygens (including phenoxy) is 1. The molecular weight excluding hydrogens is 266 g/mol. The molecule has 2 rings (SSSR count). The molecule has 0 spiro atoms. The van der Waals surface area contributed by atoms with E-state index in [0.717, 1.165) is 11.3 Å². The van der Waals surface area contributed by atoms with Gasteiger partial charge in [0.25, 0.3) is 5.91 Å². The molecule has 0 fully saturated rings. The SMILES string of the molecule is Cc1cccc(NC(=O)COc2ccccc2[C@@H](C)O)c1. The first kappa shape index (κ1) is 15.1. The van der Waals surface area contributed by atoms with Gasteiger partial charge in [0.2, 0.25) is 0 Å². The molecule has 0 aliphatic heterocycles. The van der Waals surface area contributed by atoms with Gasteiger partial charge in [0, 0.05) is 11.3 Å². The first-order chi connectivity index (χ1) is 10.1. The Morgan fingerprint density at radius 3 is 2.71 bits per heavy atom. The van der Waals surface area contributed by atoms with Crippen molar-refractivity contribution in [1.29, 1.82) is 0 Å². The summed E-state index contributed by atoms with van der Waals surface area (Å²) in [5.74, 6) is 0.285. The molecule has 4 heteroatoms. The number of para-hydroxylation sites is 1. The number of carbonyl (C=O) groups excluding carboxylic acids is 1. The van der Waals surface area contributed by atoms with Crippen molar-refractivity contribution in [3.05, 3.63) is 59.7 Å². The summed E-state index contributed by atoms with van der Waals surface area (Å²) in [4.78, 5) is 11.9. The van der Waals surface area contributed by atoms with E-state index in [2.05, 4.69) is 5.32 Å². The largest absolute Gasteiger partial charge is 0.483 e. The zero-order chi connectivity index (χ0) is 15.2. The van der Waals surface area contributed by atoms with Crippen molar-refractivity contribution in [3.8, 4) is 5.75 Å². The van der Waals surface area contributed by atoms with E-state index in [0.29, 0.717) is 11.3 Å². The number of anilines is 1. The molecule has 0 unspecified atom stereocenters. The van der Waals surface area contributed by atoms with Gasteiger partial charge in [-0.25, -0.2) is 0 Å². The number of aliphatic hydroxyl groups is 1. The lowest BCUT2D eigenvalue weighted by Crippen LogP contribution is -2.20. The molecule has 1 amide bonds. The van der Waals surface area contributed by atoms with Crippen LogP contribution in [0.4, 0.5) is 5.69 Å².